The van der Waals surface area contributed by atoms with Crippen LogP contribution < -0.4 is 19.5 Å². The normalized spacial score (nSPS) is 11.5. The average Bonchev–Trinajstić information content (AvgIpc) is 3.16. The van der Waals surface area contributed by atoms with Crippen molar-refractivity contribution in [2.24, 2.45) is 0 Å². The molecule has 0 fully saturated rings. The van der Waals surface area contributed by atoms with Gasteiger partial charge < -0.3 is 14.2 Å². The molecule has 0 radical (unpaired) electrons. The Balaban J connectivity index is 1.64. The molecule has 3 rings (SSSR count). The number of rotatable bonds is 7. The molecule has 0 aliphatic rings. The minimum Gasteiger partial charge on any atom is -0.497 e. The van der Waals surface area contributed by atoms with Crippen LogP contribution in [0.2, 0.25) is 0 Å². The molecule has 1 N–H and O–H groups in total. The number of hydrogen-bond donors (Lipinski definition) is 1. The lowest BCUT2D eigenvalue weighted by atomic mass is 10.2. The van der Waals surface area contributed by atoms with E-state index >= 15 is 0 Å². The Morgan fingerprint density at radius 3 is 2.37 bits per heavy atom. The van der Waals surface area contributed by atoms with E-state index in [1.165, 1.54) is 11.3 Å². The third-order valence-electron chi connectivity index (χ3n) is 3.73. The molecule has 140 valence electrons. The summed E-state index contributed by atoms with van der Waals surface area (Å²) in [6.45, 7) is 1.66. The molecule has 1 aromatic heterocycles. The molecule has 27 heavy (non-hydrogen) atoms. The van der Waals surface area contributed by atoms with Crippen LogP contribution in [0.1, 0.15) is 6.92 Å². The van der Waals surface area contributed by atoms with Crippen LogP contribution in [0, 0.1) is 0 Å². The second kappa shape index (κ2) is 8.50. The predicted octanol–water partition coefficient (Wildman–Crippen LogP) is 3.63. The summed E-state index contributed by atoms with van der Waals surface area (Å²) in [6.07, 6.45) is -0.727. The van der Waals surface area contributed by atoms with Gasteiger partial charge in [0, 0.05) is 5.56 Å². The largest absolute Gasteiger partial charge is 0.497 e. The highest BCUT2D eigenvalue weighted by atomic mass is 32.1. The molecule has 0 saturated heterocycles. The number of carbonyl (C=O) groups excluding carboxylic acids is 1. The number of anilines is 1. The van der Waals surface area contributed by atoms with E-state index in [0.29, 0.717) is 21.6 Å². The van der Waals surface area contributed by atoms with Crippen LogP contribution in [0.5, 0.6) is 17.2 Å². The fraction of sp³-hybridized carbons (Fsp3) is 0.211. The molecule has 2 aromatic carbocycles. The summed E-state index contributed by atoms with van der Waals surface area (Å²) in [5.74, 6) is 1.51. The van der Waals surface area contributed by atoms with E-state index in [4.69, 9.17) is 14.2 Å². The molecule has 0 spiro atoms. The van der Waals surface area contributed by atoms with Gasteiger partial charge in [-0.1, -0.05) is 23.5 Å². The van der Waals surface area contributed by atoms with Crippen molar-refractivity contribution in [3.05, 3.63) is 48.5 Å². The van der Waals surface area contributed by atoms with Gasteiger partial charge in [0.25, 0.3) is 5.91 Å². The zero-order valence-electron chi connectivity index (χ0n) is 15.1. The molecular formula is C19H19N3O4S. The Morgan fingerprint density at radius 2 is 1.70 bits per heavy atom. The summed E-state index contributed by atoms with van der Waals surface area (Å²) in [7, 11) is 3.16. The Hall–Kier alpha value is -3.13. The van der Waals surface area contributed by atoms with Crippen LogP contribution in [-0.4, -0.2) is 36.4 Å². The Labute approximate surface area is 160 Å². The van der Waals surface area contributed by atoms with Crippen LogP contribution in [0.3, 0.4) is 0 Å². The topological polar surface area (TPSA) is 82.6 Å². The quantitative estimate of drug-likeness (QED) is 0.669. The van der Waals surface area contributed by atoms with Gasteiger partial charge in [-0.25, -0.2) is 0 Å². The molecule has 0 aliphatic heterocycles. The number of nitrogens with one attached hydrogen (secondary N) is 1. The maximum Gasteiger partial charge on any atom is 0.266 e. The first-order chi connectivity index (χ1) is 13.1. The lowest BCUT2D eigenvalue weighted by molar-refractivity contribution is -0.122. The van der Waals surface area contributed by atoms with Crippen molar-refractivity contribution < 1.29 is 19.0 Å². The van der Waals surface area contributed by atoms with Crippen molar-refractivity contribution in [3.8, 4) is 27.8 Å². The minimum absolute atomic E-state index is 0.321. The Kier molecular flexibility index (Phi) is 5.87. The first-order valence-electron chi connectivity index (χ1n) is 8.19. The SMILES string of the molecule is COc1ccc(-c2nnc(NC(=O)[C@H](C)Oc3ccccc3OC)s2)cc1. The molecule has 8 heteroatoms. The second-order valence-electron chi connectivity index (χ2n) is 5.54. The molecule has 3 aromatic rings. The molecular weight excluding hydrogens is 366 g/mol. The van der Waals surface area contributed by atoms with Gasteiger partial charge in [0.2, 0.25) is 5.13 Å². The number of para-hydroxylation sites is 2. The monoisotopic (exact) mass is 385 g/mol. The maximum absolute atomic E-state index is 12.4. The highest BCUT2D eigenvalue weighted by Gasteiger charge is 2.18. The van der Waals surface area contributed by atoms with E-state index < -0.39 is 6.10 Å². The summed E-state index contributed by atoms with van der Waals surface area (Å²) in [4.78, 5) is 12.4. The van der Waals surface area contributed by atoms with Crippen LogP contribution in [0.4, 0.5) is 5.13 Å². The number of benzene rings is 2. The van der Waals surface area contributed by atoms with Gasteiger partial charge in [-0.05, 0) is 43.3 Å². The molecule has 0 aliphatic carbocycles. The Bertz CT molecular complexity index is 911. The van der Waals surface area contributed by atoms with E-state index in [9.17, 15) is 4.79 Å². The summed E-state index contributed by atoms with van der Waals surface area (Å²) in [5, 5.41) is 12.0. The minimum atomic E-state index is -0.727. The van der Waals surface area contributed by atoms with Crippen molar-refractivity contribution in [1.29, 1.82) is 0 Å². The van der Waals surface area contributed by atoms with Gasteiger partial charge in [-0.3, -0.25) is 10.1 Å². The van der Waals surface area contributed by atoms with Gasteiger partial charge in [0.1, 0.15) is 10.8 Å². The number of nitrogens with zero attached hydrogens (tertiary/aromatic N) is 2. The van der Waals surface area contributed by atoms with Gasteiger partial charge in [0.15, 0.2) is 17.6 Å². The van der Waals surface area contributed by atoms with Gasteiger partial charge in [-0.15, -0.1) is 10.2 Å². The third kappa shape index (κ3) is 4.53. The summed E-state index contributed by atoms with van der Waals surface area (Å²) >= 11 is 1.28. The van der Waals surface area contributed by atoms with Crippen molar-refractivity contribution >= 4 is 22.4 Å². The van der Waals surface area contributed by atoms with E-state index in [0.717, 1.165) is 11.3 Å². The molecule has 0 unspecified atom stereocenters. The number of carbonyl (C=O) groups is 1. The first kappa shape index (κ1) is 18.7. The second-order valence-corrected chi connectivity index (χ2v) is 6.52. The lowest BCUT2D eigenvalue weighted by Crippen LogP contribution is -2.30. The van der Waals surface area contributed by atoms with Gasteiger partial charge in [-0.2, -0.15) is 0 Å². The van der Waals surface area contributed by atoms with Crippen molar-refractivity contribution in [3.63, 3.8) is 0 Å². The van der Waals surface area contributed by atoms with Crippen LogP contribution in [0.15, 0.2) is 48.5 Å². The molecule has 0 bridgehead atoms. The number of ether oxygens (including phenoxy) is 3. The summed E-state index contributed by atoms with van der Waals surface area (Å²) in [6, 6.07) is 14.6. The molecule has 1 amide bonds. The highest BCUT2D eigenvalue weighted by Crippen LogP contribution is 2.29. The van der Waals surface area contributed by atoms with E-state index in [-0.39, 0.29) is 5.91 Å². The first-order valence-corrected chi connectivity index (χ1v) is 9.01. The fourth-order valence-corrected chi connectivity index (χ4v) is 3.04. The van der Waals surface area contributed by atoms with E-state index in [2.05, 4.69) is 15.5 Å². The summed E-state index contributed by atoms with van der Waals surface area (Å²) in [5.41, 5.74) is 0.895. The Morgan fingerprint density at radius 1 is 1.00 bits per heavy atom. The van der Waals surface area contributed by atoms with E-state index in [1.807, 2.05) is 36.4 Å². The fourth-order valence-electron chi connectivity index (χ4n) is 2.29. The van der Waals surface area contributed by atoms with Crippen molar-refractivity contribution in [2.45, 2.75) is 13.0 Å². The highest BCUT2D eigenvalue weighted by molar-refractivity contribution is 7.18. The molecule has 1 atom stereocenters. The number of methoxy groups -OCH3 is 2. The van der Waals surface area contributed by atoms with Gasteiger partial charge in [0.05, 0.1) is 14.2 Å². The van der Waals surface area contributed by atoms with Crippen LogP contribution in [0.25, 0.3) is 10.6 Å². The van der Waals surface area contributed by atoms with Gasteiger partial charge >= 0.3 is 0 Å². The van der Waals surface area contributed by atoms with Crippen molar-refractivity contribution in [2.75, 3.05) is 19.5 Å². The zero-order valence-corrected chi connectivity index (χ0v) is 15.9. The molecule has 0 saturated carbocycles. The summed E-state index contributed by atoms with van der Waals surface area (Å²) < 4.78 is 16.1. The third-order valence-corrected chi connectivity index (χ3v) is 4.62. The van der Waals surface area contributed by atoms with Crippen molar-refractivity contribution in [1.82, 2.24) is 10.2 Å². The smallest absolute Gasteiger partial charge is 0.266 e. The molecule has 7 nitrogen and oxygen atoms in total. The lowest BCUT2D eigenvalue weighted by Gasteiger charge is -2.15. The standard InChI is InChI=1S/C19H19N3O4S/c1-12(26-16-7-5-4-6-15(16)25-3)17(23)20-19-22-21-18(27-19)13-8-10-14(24-2)11-9-13/h4-12H,1-3H3,(H,20,22,23)/t12-/m0/s1. The number of hydrogen-bond acceptors (Lipinski definition) is 7. The maximum atomic E-state index is 12.4. The van der Waals surface area contributed by atoms with Crippen LogP contribution in [-0.2, 0) is 4.79 Å². The average molecular weight is 385 g/mol. The molecule has 1 heterocycles. The number of amides is 1. The zero-order chi connectivity index (χ0) is 19.2. The van der Waals surface area contributed by atoms with E-state index in [1.54, 1.807) is 33.3 Å². The number of aromatic nitrogens is 2. The predicted molar refractivity (Wildman–Crippen MR) is 104 cm³/mol. The van der Waals surface area contributed by atoms with Crippen LogP contribution >= 0.6 is 11.3 Å².